The number of fused-ring (bicyclic) bond motifs is 1. The molecule has 0 aliphatic heterocycles. The van der Waals surface area contributed by atoms with Gasteiger partial charge < -0.3 is 0 Å². The number of aryl methyl sites for hydroxylation is 1. The van der Waals surface area contributed by atoms with Crippen LogP contribution >= 0.6 is 11.3 Å². The number of carbonyl (C=O) groups is 1. The largest absolute Gasteiger partial charge is 0.276 e. The number of sulfonamides is 1. The lowest BCUT2D eigenvalue weighted by atomic mass is 9.90. The van der Waals surface area contributed by atoms with Crippen molar-refractivity contribution in [2.45, 2.75) is 31.1 Å². The van der Waals surface area contributed by atoms with Crippen molar-refractivity contribution in [1.29, 1.82) is 0 Å². The Hall–Kier alpha value is -1.84. The van der Waals surface area contributed by atoms with Crippen molar-refractivity contribution < 1.29 is 22.0 Å². The lowest BCUT2D eigenvalue weighted by molar-refractivity contribution is 0.0949. The van der Waals surface area contributed by atoms with Crippen LogP contribution in [0.15, 0.2) is 29.2 Å². The minimum absolute atomic E-state index is 0.396. The summed E-state index contributed by atoms with van der Waals surface area (Å²) in [6.45, 7) is 2.15. The molecule has 0 saturated carbocycles. The van der Waals surface area contributed by atoms with E-state index in [1.807, 2.05) is 4.83 Å². The molecule has 1 aromatic heterocycles. The summed E-state index contributed by atoms with van der Waals surface area (Å²) in [6.07, 6.45) is 2.86. The first-order valence-electron chi connectivity index (χ1n) is 7.64. The summed E-state index contributed by atoms with van der Waals surface area (Å²) >= 11 is 1.33. The smallest absolute Gasteiger partial charge is 0.273 e. The molecule has 1 heterocycles. The van der Waals surface area contributed by atoms with Crippen molar-refractivity contribution >= 4 is 27.3 Å². The quantitative estimate of drug-likeness (QED) is 0.794. The van der Waals surface area contributed by atoms with E-state index in [2.05, 4.69) is 12.3 Å². The molecule has 0 radical (unpaired) electrons. The van der Waals surface area contributed by atoms with Crippen molar-refractivity contribution in [3.05, 3.63) is 51.2 Å². The van der Waals surface area contributed by atoms with E-state index in [4.69, 9.17) is 0 Å². The highest BCUT2D eigenvalue weighted by Gasteiger charge is 2.22. The van der Waals surface area contributed by atoms with Crippen molar-refractivity contribution in [2.24, 2.45) is 5.92 Å². The fraction of sp³-hybridized carbons (Fsp3) is 0.312. The number of halogens is 2. The molecule has 1 aliphatic carbocycles. The second-order valence-electron chi connectivity index (χ2n) is 6.07. The van der Waals surface area contributed by atoms with E-state index >= 15 is 0 Å². The van der Waals surface area contributed by atoms with E-state index < -0.39 is 32.5 Å². The highest BCUT2D eigenvalue weighted by Crippen LogP contribution is 2.32. The van der Waals surface area contributed by atoms with Gasteiger partial charge in [0, 0.05) is 10.9 Å². The van der Waals surface area contributed by atoms with Gasteiger partial charge in [0.2, 0.25) is 0 Å². The Morgan fingerprint density at radius 3 is 2.56 bits per heavy atom. The third kappa shape index (κ3) is 4.05. The Morgan fingerprint density at radius 1 is 1.20 bits per heavy atom. The summed E-state index contributed by atoms with van der Waals surface area (Å²) in [5, 5.41) is 0. The summed E-state index contributed by atoms with van der Waals surface area (Å²) in [6, 6.07) is 3.67. The van der Waals surface area contributed by atoms with Gasteiger partial charge in [-0.05, 0) is 48.9 Å². The van der Waals surface area contributed by atoms with E-state index in [1.54, 1.807) is 6.07 Å². The van der Waals surface area contributed by atoms with Crippen molar-refractivity contribution in [2.75, 3.05) is 0 Å². The minimum atomic E-state index is -4.28. The van der Waals surface area contributed by atoms with Gasteiger partial charge in [-0.3, -0.25) is 10.2 Å². The lowest BCUT2D eigenvalue weighted by Crippen LogP contribution is -2.41. The molecule has 1 atom stereocenters. The summed E-state index contributed by atoms with van der Waals surface area (Å²) in [5.74, 6) is -2.09. The predicted molar refractivity (Wildman–Crippen MR) is 89.7 cm³/mol. The zero-order valence-corrected chi connectivity index (χ0v) is 14.9. The average molecular weight is 386 g/mol. The van der Waals surface area contributed by atoms with Gasteiger partial charge in [-0.15, -0.1) is 16.2 Å². The first-order valence-corrected chi connectivity index (χ1v) is 9.94. The van der Waals surface area contributed by atoms with Crippen LogP contribution < -0.4 is 10.3 Å². The number of thiophene rings is 1. The standard InChI is InChI=1S/C16H16F2N2O3S2/c1-9-2-3-14-10(4-9)5-15(24-14)16(21)19-20-25(22,23)13-7-11(17)6-12(18)8-13/h5-9,20H,2-4H2,1H3,(H,19,21). The molecule has 5 nitrogen and oxygen atoms in total. The zero-order chi connectivity index (χ0) is 18.2. The first kappa shape index (κ1) is 18.0. The topological polar surface area (TPSA) is 75.3 Å². The van der Waals surface area contributed by atoms with E-state index in [1.165, 1.54) is 11.3 Å². The molecule has 9 heteroatoms. The van der Waals surface area contributed by atoms with Gasteiger partial charge in [-0.25, -0.2) is 17.2 Å². The van der Waals surface area contributed by atoms with Crippen LogP contribution in [0.2, 0.25) is 0 Å². The molecule has 2 aromatic rings. The second kappa shape index (κ2) is 6.81. The SMILES string of the molecule is CC1CCc2sc(C(=O)NNS(=O)(=O)c3cc(F)cc(F)c3)cc2C1. The Bertz CT molecular complexity index is 905. The molecular weight excluding hydrogens is 370 g/mol. The Balaban J connectivity index is 1.71. The van der Waals surface area contributed by atoms with Crippen molar-refractivity contribution in [1.82, 2.24) is 10.3 Å². The van der Waals surface area contributed by atoms with Crippen LogP contribution in [-0.2, 0) is 22.9 Å². The molecular formula is C16H16F2N2O3S2. The molecule has 1 aliphatic rings. The number of hydrogen-bond acceptors (Lipinski definition) is 4. The summed E-state index contributed by atoms with van der Waals surface area (Å²) < 4.78 is 50.4. The number of hydrogen-bond donors (Lipinski definition) is 2. The number of carbonyl (C=O) groups excluding carboxylic acids is 1. The highest BCUT2D eigenvalue weighted by atomic mass is 32.2. The Labute approximate surface area is 148 Å². The predicted octanol–water partition coefficient (Wildman–Crippen LogP) is 2.77. The number of benzene rings is 1. The average Bonchev–Trinajstić information content (AvgIpc) is 2.95. The van der Waals surface area contributed by atoms with Crippen LogP contribution in [0.3, 0.4) is 0 Å². The molecule has 0 fully saturated rings. The van der Waals surface area contributed by atoms with Gasteiger partial charge in [0.25, 0.3) is 15.9 Å². The van der Waals surface area contributed by atoms with Gasteiger partial charge >= 0.3 is 0 Å². The summed E-state index contributed by atoms with van der Waals surface area (Å²) in [7, 11) is -4.28. The molecule has 0 bridgehead atoms. The minimum Gasteiger partial charge on any atom is -0.273 e. The third-order valence-electron chi connectivity index (χ3n) is 4.00. The van der Waals surface area contributed by atoms with Crippen LogP contribution in [0.5, 0.6) is 0 Å². The van der Waals surface area contributed by atoms with Crippen LogP contribution in [0.4, 0.5) is 8.78 Å². The van der Waals surface area contributed by atoms with Gasteiger partial charge in [-0.1, -0.05) is 6.92 Å². The Kier molecular flexibility index (Phi) is 4.90. The number of amides is 1. The molecule has 3 rings (SSSR count). The van der Waals surface area contributed by atoms with Crippen molar-refractivity contribution in [3.63, 3.8) is 0 Å². The van der Waals surface area contributed by atoms with E-state index in [0.717, 1.165) is 29.7 Å². The summed E-state index contributed by atoms with van der Waals surface area (Å²) in [5.41, 5.74) is 3.20. The fourth-order valence-electron chi connectivity index (χ4n) is 2.74. The fourth-order valence-corrected chi connectivity index (χ4v) is 4.72. The van der Waals surface area contributed by atoms with E-state index in [9.17, 15) is 22.0 Å². The van der Waals surface area contributed by atoms with Crippen molar-refractivity contribution in [3.8, 4) is 0 Å². The molecule has 2 N–H and O–H groups in total. The molecule has 134 valence electrons. The van der Waals surface area contributed by atoms with Crippen LogP contribution in [-0.4, -0.2) is 14.3 Å². The van der Waals surface area contributed by atoms with E-state index in [-0.39, 0.29) is 0 Å². The molecule has 0 saturated heterocycles. The maximum absolute atomic E-state index is 13.2. The van der Waals surface area contributed by atoms with Gasteiger partial charge in [-0.2, -0.15) is 0 Å². The van der Waals surface area contributed by atoms with Crippen LogP contribution in [0, 0.1) is 17.6 Å². The lowest BCUT2D eigenvalue weighted by Gasteiger charge is -2.16. The molecule has 1 unspecified atom stereocenters. The first-order chi connectivity index (χ1) is 11.7. The normalized spacial score (nSPS) is 17.2. The number of rotatable bonds is 4. The van der Waals surface area contributed by atoms with Gasteiger partial charge in [0.15, 0.2) is 0 Å². The third-order valence-corrected chi connectivity index (χ3v) is 6.46. The van der Waals surface area contributed by atoms with Gasteiger partial charge in [0.05, 0.1) is 9.77 Å². The number of hydrazine groups is 1. The summed E-state index contributed by atoms with van der Waals surface area (Å²) in [4.78, 5) is 15.0. The highest BCUT2D eigenvalue weighted by molar-refractivity contribution is 7.89. The maximum atomic E-state index is 13.2. The van der Waals surface area contributed by atoms with Crippen LogP contribution in [0.1, 0.15) is 33.5 Å². The molecule has 25 heavy (non-hydrogen) atoms. The second-order valence-corrected chi connectivity index (χ2v) is 8.89. The monoisotopic (exact) mass is 386 g/mol. The zero-order valence-electron chi connectivity index (χ0n) is 13.3. The Morgan fingerprint density at radius 2 is 1.88 bits per heavy atom. The van der Waals surface area contributed by atoms with Gasteiger partial charge in [0.1, 0.15) is 11.6 Å². The van der Waals surface area contributed by atoms with Crippen LogP contribution in [0.25, 0.3) is 0 Å². The molecule has 1 aromatic carbocycles. The van der Waals surface area contributed by atoms with E-state index in [0.29, 0.717) is 29.0 Å². The maximum Gasteiger partial charge on any atom is 0.276 e. The number of nitrogens with one attached hydrogen (secondary N) is 2. The molecule has 0 spiro atoms. The molecule has 1 amide bonds.